The molecule has 2 aliphatic heterocycles. The number of carbonyl (C=O) groups excluding carboxylic acids is 2. The molecule has 3 heterocycles. The predicted octanol–water partition coefficient (Wildman–Crippen LogP) is 4.86. The van der Waals surface area contributed by atoms with Crippen molar-refractivity contribution < 1.29 is 19.1 Å². The molecule has 210 valence electrons. The Bertz CT molecular complexity index is 1330. The first kappa shape index (κ1) is 28.0. The number of nitrogens with one attached hydrogen (secondary N) is 1. The second kappa shape index (κ2) is 11.9. The Morgan fingerprint density at radius 2 is 1.59 bits per heavy atom. The molecule has 3 aromatic rings. The lowest BCUT2D eigenvalue weighted by Gasteiger charge is -2.35. The van der Waals surface area contributed by atoms with E-state index in [4.69, 9.17) is 9.47 Å². The van der Waals surface area contributed by atoms with Gasteiger partial charge in [0.2, 0.25) is 0 Å². The van der Waals surface area contributed by atoms with Gasteiger partial charge in [0.15, 0.2) is 11.6 Å². The van der Waals surface area contributed by atoms with Crippen LogP contribution in [-0.2, 0) is 20.7 Å². The lowest BCUT2D eigenvalue weighted by Crippen LogP contribution is -2.49. The highest BCUT2D eigenvalue weighted by molar-refractivity contribution is 6.11. The minimum absolute atomic E-state index is 0.0218. The van der Waals surface area contributed by atoms with Crippen molar-refractivity contribution in [3.8, 4) is 0 Å². The third-order valence-electron chi connectivity index (χ3n) is 8.77. The van der Waals surface area contributed by atoms with Crippen molar-refractivity contribution >= 4 is 33.4 Å². The van der Waals surface area contributed by atoms with E-state index in [2.05, 4.69) is 53.8 Å². The summed E-state index contributed by atoms with van der Waals surface area (Å²) >= 11 is 0. The molecule has 2 aromatic carbocycles. The molecular weight excluding hydrogens is 490 g/mol. The molecule has 5 unspecified atom stereocenters. The Labute approximate surface area is 231 Å². The van der Waals surface area contributed by atoms with Crippen LogP contribution >= 0.6 is 0 Å². The van der Waals surface area contributed by atoms with Crippen LogP contribution in [-0.4, -0.2) is 90.0 Å². The number of ketones is 2. The molecule has 0 amide bonds. The zero-order chi connectivity index (χ0) is 27.7. The SMILES string of the molecule is CC1CN(C(C)C(=O)c2ccc3[nH]c4c(CCC(C)C(=O)C(C)N5CCOC(C)C5)cccc4c3c2)CCO1. The molecule has 2 saturated heterocycles. The van der Waals surface area contributed by atoms with E-state index in [9.17, 15) is 9.59 Å². The summed E-state index contributed by atoms with van der Waals surface area (Å²) in [5.74, 6) is 0.430. The number of carbonyl (C=O) groups is 2. The lowest BCUT2D eigenvalue weighted by molar-refractivity contribution is -0.130. The van der Waals surface area contributed by atoms with Gasteiger partial charge in [0, 0.05) is 59.5 Å². The number of benzene rings is 2. The van der Waals surface area contributed by atoms with Gasteiger partial charge in [0.25, 0.3) is 0 Å². The highest BCUT2D eigenvalue weighted by Crippen LogP contribution is 2.30. The summed E-state index contributed by atoms with van der Waals surface area (Å²) in [4.78, 5) is 34.7. The number of aromatic nitrogens is 1. The van der Waals surface area contributed by atoms with E-state index in [1.54, 1.807) is 0 Å². The molecule has 5 rings (SSSR count). The van der Waals surface area contributed by atoms with Gasteiger partial charge in [0.1, 0.15) is 0 Å². The van der Waals surface area contributed by atoms with Crippen molar-refractivity contribution in [2.45, 2.75) is 71.8 Å². The maximum Gasteiger partial charge on any atom is 0.179 e. The van der Waals surface area contributed by atoms with Crippen LogP contribution in [0.3, 0.4) is 0 Å². The largest absolute Gasteiger partial charge is 0.376 e. The molecule has 1 aromatic heterocycles. The molecule has 2 aliphatic rings. The average Bonchev–Trinajstić information content (AvgIpc) is 3.33. The van der Waals surface area contributed by atoms with Crippen LogP contribution in [0.25, 0.3) is 21.8 Å². The summed E-state index contributed by atoms with van der Waals surface area (Å²) in [5, 5.41) is 2.19. The standard InChI is InChI=1S/C32H43N3O4/c1-20(31(36)23(4)34-13-15-38-21(2)18-34)9-10-25-7-6-8-27-28-17-26(11-12-29(28)33-30(25)27)32(37)24(5)35-14-16-39-22(3)19-35/h6-8,11-12,17,20-24,33H,9-10,13-16,18-19H2,1-5H3. The molecule has 0 spiro atoms. The number of H-pyrrole nitrogens is 1. The second-order valence-corrected chi connectivity index (χ2v) is 11.6. The van der Waals surface area contributed by atoms with E-state index < -0.39 is 0 Å². The minimum atomic E-state index is -0.184. The number of nitrogens with zero attached hydrogens (tertiary/aromatic N) is 2. The van der Waals surface area contributed by atoms with Gasteiger partial charge in [-0.2, -0.15) is 0 Å². The topological polar surface area (TPSA) is 74.9 Å². The van der Waals surface area contributed by atoms with Gasteiger partial charge in [-0.25, -0.2) is 0 Å². The number of morpholine rings is 2. The monoisotopic (exact) mass is 533 g/mol. The molecule has 1 N–H and O–H groups in total. The maximum atomic E-state index is 13.4. The number of aromatic amines is 1. The van der Waals surface area contributed by atoms with Crippen LogP contribution in [0.5, 0.6) is 0 Å². The maximum absolute atomic E-state index is 13.4. The minimum Gasteiger partial charge on any atom is -0.376 e. The summed E-state index contributed by atoms with van der Waals surface area (Å²) in [7, 11) is 0. The van der Waals surface area contributed by atoms with E-state index in [0.29, 0.717) is 19.0 Å². The van der Waals surface area contributed by atoms with Crippen molar-refractivity contribution in [2.75, 3.05) is 39.4 Å². The quantitative estimate of drug-likeness (QED) is 0.396. The molecule has 2 fully saturated rings. The van der Waals surface area contributed by atoms with Crippen molar-refractivity contribution in [3.63, 3.8) is 0 Å². The number of aryl methyl sites for hydroxylation is 1. The summed E-state index contributed by atoms with van der Waals surface area (Å²) in [6, 6.07) is 12.1. The van der Waals surface area contributed by atoms with Crippen LogP contribution in [0.4, 0.5) is 0 Å². The smallest absolute Gasteiger partial charge is 0.179 e. The molecule has 0 bridgehead atoms. The van der Waals surface area contributed by atoms with Crippen molar-refractivity contribution in [1.29, 1.82) is 0 Å². The first-order valence-electron chi connectivity index (χ1n) is 14.6. The van der Waals surface area contributed by atoms with Gasteiger partial charge in [-0.05, 0) is 64.3 Å². The van der Waals surface area contributed by atoms with Crippen LogP contribution in [0.1, 0.15) is 57.0 Å². The summed E-state index contributed by atoms with van der Waals surface area (Å²) in [6.07, 6.45) is 1.94. The Morgan fingerprint density at radius 3 is 2.26 bits per heavy atom. The first-order chi connectivity index (χ1) is 18.7. The number of fused-ring (bicyclic) bond motifs is 3. The first-order valence-corrected chi connectivity index (χ1v) is 14.6. The fourth-order valence-corrected chi connectivity index (χ4v) is 6.25. The average molecular weight is 534 g/mol. The fraction of sp³-hybridized carbons (Fsp3) is 0.562. The number of rotatable bonds is 9. The zero-order valence-electron chi connectivity index (χ0n) is 24.0. The molecule has 7 nitrogen and oxygen atoms in total. The van der Waals surface area contributed by atoms with Crippen LogP contribution < -0.4 is 0 Å². The predicted molar refractivity (Wildman–Crippen MR) is 156 cm³/mol. The van der Waals surface area contributed by atoms with Gasteiger partial charge in [-0.15, -0.1) is 0 Å². The molecule has 0 aliphatic carbocycles. The fourth-order valence-electron chi connectivity index (χ4n) is 6.25. The van der Waals surface area contributed by atoms with Crippen LogP contribution in [0, 0.1) is 5.92 Å². The Balaban J connectivity index is 1.30. The Hall–Kier alpha value is -2.58. The van der Waals surface area contributed by atoms with Gasteiger partial charge in [0.05, 0.1) is 37.5 Å². The summed E-state index contributed by atoms with van der Waals surface area (Å²) < 4.78 is 11.3. The van der Waals surface area contributed by atoms with E-state index >= 15 is 0 Å². The second-order valence-electron chi connectivity index (χ2n) is 11.6. The van der Waals surface area contributed by atoms with Crippen molar-refractivity contribution in [2.24, 2.45) is 5.92 Å². The van der Waals surface area contributed by atoms with Crippen LogP contribution in [0.2, 0.25) is 0 Å². The number of para-hydroxylation sites is 1. The normalized spacial score (nSPS) is 23.6. The zero-order valence-corrected chi connectivity index (χ0v) is 24.0. The summed E-state index contributed by atoms with van der Waals surface area (Å²) in [6.45, 7) is 14.7. The van der Waals surface area contributed by atoms with E-state index in [1.165, 1.54) is 5.56 Å². The lowest BCUT2D eigenvalue weighted by atomic mass is 9.92. The molecule has 0 radical (unpaired) electrons. The van der Waals surface area contributed by atoms with Crippen molar-refractivity contribution in [1.82, 2.24) is 14.8 Å². The molecule has 5 atom stereocenters. The van der Waals surface area contributed by atoms with Crippen LogP contribution in [0.15, 0.2) is 36.4 Å². The Morgan fingerprint density at radius 1 is 0.923 bits per heavy atom. The van der Waals surface area contributed by atoms with E-state index in [-0.39, 0.29) is 36.0 Å². The van der Waals surface area contributed by atoms with Gasteiger partial charge >= 0.3 is 0 Å². The Kier molecular flexibility index (Phi) is 8.52. The van der Waals surface area contributed by atoms with E-state index in [1.807, 2.05) is 32.0 Å². The molecule has 7 heteroatoms. The number of hydrogen-bond acceptors (Lipinski definition) is 6. The number of ether oxygens (including phenoxy) is 2. The number of Topliss-reactive ketones (excluding diaryl/α,β-unsaturated/α-hetero) is 2. The molecular formula is C32H43N3O4. The van der Waals surface area contributed by atoms with E-state index in [0.717, 1.165) is 66.4 Å². The highest BCUT2D eigenvalue weighted by atomic mass is 16.5. The number of hydrogen-bond donors (Lipinski definition) is 1. The third-order valence-corrected chi connectivity index (χ3v) is 8.77. The van der Waals surface area contributed by atoms with Gasteiger partial charge in [-0.1, -0.05) is 25.1 Å². The summed E-state index contributed by atoms with van der Waals surface area (Å²) in [5.41, 5.74) is 4.08. The molecule has 0 saturated carbocycles. The molecule has 39 heavy (non-hydrogen) atoms. The third kappa shape index (κ3) is 5.97. The highest BCUT2D eigenvalue weighted by Gasteiger charge is 2.29. The van der Waals surface area contributed by atoms with Crippen molar-refractivity contribution in [3.05, 3.63) is 47.5 Å². The van der Waals surface area contributed by atoms with Gasteiger partial charge in [-0.3, -0.25) is 19.4 Å². The van der Waals surface area contributed by atoms with Gasteiger partial charge < -0.3 is 14.5 Å².